The molecule has 1 aliphatic heterocycles. The van der Waals surface area contributed by atoms with Gasteiger partial charge in [0.25, 0.3) is 0 Å². The summed E-state index contributed by atoms with van der Waals surface area (Å²) in [4.78, 5) is 2.29. The summed E-state index contributed by atoms with van der Waals surface area (Å²) in [5.74, 6) is 1.31. The molecule has 1 heterocycles. The number of nitriles is 1. The molecule has 0 unspecified atom stereocenters. The van der Waals surface area contributed by atoms with Crippen LogP contribution >= 0.6 is 0 Å². The summed E-state index contributed by atoms with van der Waals surface area (Å²) >= 11 is 0. The van der Waals surface area contributed by atoms with Gasteiger partial charge in [0, 0.05) is 5.56 Å². The van der Waals surface area contributed by atoms with Gasteiger partial charge in [0.15, 0.2) is 0 Å². The molecule has 0 atom stereocenters. The fourth-order valence-electron chi connectivity index (χ4n) is 2.90. The number of nitrogens with zero attached hydrogens (tertiary/aromatic N) is 2. The first-order chi connectivity index (χ1) is 9.52. The van der Waals surface area contributed by atoms with Crippen LogP contribution in [0.2, 0.25) is 0 Å². The smallest absolute Gasteiger partial charge is 0.123 e. The molecule has 1 aromatic carbocycles. The summed E-state index contributed by atoms with van der Waals surface area (Å²) in [6.07, 6.45) is 1.75. The number of hydrogen-bond donors (Lipinski definition) is 0. The van der Waals surface area contributed by atoms with Gasteiger partial charge in [-0.05, 0) is 50.5 Å². The summed E-state index contributed by atoms with van der Waals surface area (Å²) in [7, 11) is 3.80. The number of piperidine rings is 1. The monoisotopic (exact) mass is 272 g/mol. The van der Waals surface area contributed by atoms with Crippen molar-refractivity contribution in [2.75, 3.05) is 27.2 Å². The average molecular weight is 272 g/mol. The Balaban J connectivity index is 2.48. The molecule has 108 valence electrons. The molecule has 3 nitrogen and oxygen atoms in total. The Morgan fingerprint density at radius 2 is 1.95 bits per heavy atom. The second-order valence-electron chi connectivity index (χ2n) is 6.11. The third kappa shape index (κ3) is 2.66. The zero-order valence-corrected chi connectivity index (χ0v) is 12.9. The Morgan fingerprint density at radius 3 is 2.45 bits per heavy atom. The van der Waals surface area contributed by atoms with Crippen molar-refractivity contribution < 1.29 is 4.74 Å². The summed E-state index contributed by atoms with van der Waals surface area (Å²) in [5, 5.41) is 9.81. The van der Waals surface area contributed by atoms with E-state index in [4.69, 9.17) is 4.74 Å². The van der Waals surface area contributed by atoms with E-state index in [2.05, 4.69) is 44.0 Å². The first-order valence-corrected chi connectivity index (χ1v) is 7.30. The maximum Gasteiger partial charge on any atom is 0.123 e. The summed E-state index contributed by atoms with van der Waals surface area (Å²) in [6.45, 7) is 6.28. The number of hydrogen-bond acceptors (Lipinski definition) is 3. The van der Waals surface area contributed by atoms with Gasteiger partial charge in [-0.1, -0.05) is 26.0 Å². The molecule has 3 heteroatoms. The standard InChI is InChI=1S/C17H24N2O/c1-13(2)14-5-6-16(20-4)15(11-14)17(12-18)7-9-19(3)10-8-17/h5-6,11,13H,7-10H2,1-4H3. The van der Waals surface area contributed by atoms with E-state index in [0.29, 0.717) is 5.92 Å². The Kier molecular flexibility index (Phi) is 4.35. The number of rotatable bonds is 3. The lowest BCUT2D eigenvalue weighted by molar-refractivity contribution is 0.218. The van der Waals surface area contributed by atoms with E-state index in [1.165, 1.54) is 5.56 Å². The van der Waals surface area contributed by atoms with E-state index < -0.39 is 5.41 Å². The highest BCUT2D eigenvalue weighted by atomic mass is 16.5. The van der Waals surface area contributed by atoms with Crippen LogP contribution < -0.4 is 4.74 Å². The molecular weight excluding hydrogens is 248 g/mol. The average Bonchev–Trinajstić information content (AvgIpc) is 2.48. The van der Waals surface area contributed by atoms with Crippen molar-refractivity contribution in [3.05, 3.63) is 29.3 Å². The second kappa shape index (κ2) is 5.85. The number of methoxy groups -OCH3 is 1. The molecule has 2 rings (SSSR count). The van der Waals surface area contributed by atoms with E-state index in [0.717, 1.165) is 37.2 Å². The van der Waals surface area contributed by atoms with Crippen molar-refractivity contribution in [3.63, 3.8) is 0 Å². The van der Waals surface area contributed by atoms with Gasteiger partial charge in [-0.25, -0.2) is 0 Å². The molecule has 0 aliphatic carbocycles. The minimum Gasteiger partial charge on any atom is -0.496 e. The first kappa shape index (κ1) is 14.9. The molecule has 20 heavy (non-hydrogen) atoms. The van der Waals surface area contributed by atoms with Crippen molar-refractivity contribution in [2.45, 2.75) is 38.0 Å². The molecule has 1 aromatic rings. The van der Waals surface area contributed by atoms with Crippen LogP contribution in [0.5, 0.6) is 5.75 Å². The van der Waals surface area contributed by atoms with Crippen LogP contribution in [0.3, 0.4) is 0 Å². The van der Waals surface area contributed by atoms with Crippen LogP contribution in [0.25, 0.3) is 0 Å². The number of likely N-dealkylation sites (tertiary alicyclic amines) is 1. The molecule has 0 N–H and O–H groups in total. The highest BCUT2D eigenvalue weighted by Crippen LogP contribution is 2.40. The van der Waals surface area contributed by atoms with Gasteiger partial charge in [0.2, 0.25) is 0 Å². The van der Waals surface area contributed by atoms with Gasteiger partial charge in [-0.3, -0.25) is 0 Å². The maximum absolute atomic E-state index is 9.81. The van der Waals surface area contributed by atoms with Crippen molar-refractivity contribution in [3.8, 4) is 11.8 Å². The minimum absolute atomic E-state index is 0.400. The van der Waals surface area contributed by atoms with Crippen LogP contribution in [0.4, 0.5) is 0 Å². The van der Waals surface area contributed by atoms with E-state index in [-0.39, 0.29) is 0 Å². The minimum atomic E-state index is -0.400. The zero-order chi connectivity index (χ0) is 14.8. The topological polar surface area (TPSA) is 36.3 Å². The summed E-state index contributed by atoms with van der Waals surface area (Å²) in [6, 6.07) is 8.89. The molecule has 0 spiro atoms. The Labute approximate surface area is 122 Å². The molecule has 0 aromatic heterocycles. The molecule has 0 saturated carbocycles. The quantitative estimate of drug-likeness (QED) is 0.847. The highest BCUT2D eigenvalue weighted by molar-refractivity contribution is 5.47. The van der Waals surface area contributed by atoms with Gasteiger partial charge in [-0.15, -0.1) is 0 Å². The van der Waals surface area contributed by atoms with Crippen molar-refractivity contribution in [2.24, 2.45) is 0 Å². The van der Waals surface area contributed by atoms with Crippen molar-refractivity contribution in [1.29, 1.82) is 5.26 Å². The largest absolute Gasteiger partial charge is 0.496 e. The Bertz CT molecular complexity index is 508. The lowest BCUT2D eigenvalue weighted by Crippen LogP contribution is -2.40. The van der Waals surface area contributed by atoms with Crippen molar-refractivity contribution in [1.82, 2.24) is 4.90 Å². The molecule has 0 bridgehead atoms. The predicted octanol–water partition coefficient (Wildman–Crippen LogP) is 3.31. The van der Waals surface area contributed by atoms with Crippen LogP contribution in [0.1, 0.15) is 43.7 Å². The molecule has 0 radical (unpaired) electrons. The lowest BCUT2D eigenvalue weighted by Gasteiger charge is -2.36. The normalized spacial score (nSPS) is 18.8. The first-order valence-electron chi connectivity index (χ1n) is 7.30. The Morgan fingerprint density at radius 1 is 1.30 bits per heavy atom. The fraction of sp³-hybridized carbons (Fsp3) is 0.588. The van der Waals surface area contributed by atoms with E-state index in [9.17, 15) is 5.26 Å². The molecule has 1 saturated heterocycles. The van der Waals surface area contributed by atoms with Gasteiger partial charge in [-0.2, -0.15) is 5.26 Å². The van der Waals surface area contributed by atoms with Crippen LogP contribution in [-0.4, -0.2) is 32.1 Å². The van der Waals surface area contributed by atoms with E-state index in [1.54, 1.807) is 7.11 Å². The third-order valence-corrected chi connectivity index (χ3v) is 4.46. The highest BCUT2D eigenvalue weighted by Gasteiger charge is 2.38. The number of benzene rings is 1. The van der Waals surface area contributed by atoms with Gasteiger partial charge >= 0.3 is 0 Å². The Hall–Kier alpha value is -1.53. The van der Waals surface area contributed by atoms with Crippen LogP contribution in [0, 0.1) is 11.3 Å². The van der Waals surface area contributed by atoms with Crippen molar-refractivity contribution >= 4 is 0 Å². The van der Waals surface area contributed by atoms with E-state index in [1.807, 2.05) is 6.07 Å². The van der Waals surface area contributed by atoms with Crippen LogP contribution in [0.15, 0.2) is 18.2 Å². The third-order valence-electron chi connectivity index (χ3n) is 4.46. The second-order valence-corrected chi connectivity index (χ2v) is 6.11. The maximum atomic E-state index is 9.81. The van der Waals surface area contributed by atoms with Gasteiger partial charge in [0.1, 0.15) is 5.75 Å². The fourth-order valence-corrected chi connectivity index (χ4v) is 2.90. The molecular formula is C17H24N2O. The predicted molar refractivity (Wildman–Crippen MR) is 81.1 cm³/mol. The molecule has 1 fully saturated rings. The SMILES string of the molecule is COc1ccc(C(C)C)cc1C1(C#N)CCN(C)CC1. The van der Waals surface area contributed by atoms with Crippen LogP contribution in [-0.2, 0) is 5.41 Å². The number of ether oxygens (including phenoxy) is 1. The van der Waals surface area contributed by atoms with Gasteiger partial charge in [0.05, 0.1) is 18.6 Å². The zero-order valence-electron chi connectivity index (χ0n) is 12.9. The lowest BCUT2D eigenvalue weighted by atomic mass is 9.73. The summed E-state index contributed by atoms with van der Waals surface area (Å²) in [5.41, 5.74) is 1.94. The molecule has 1 aliphatic rings. The molecule has 0 amide bonds. The van der Waals surface area contributed by atoms with E-state index >= 15 is 0 Å². The van der Waals surface area contributed by atoms with Gasteiger partial charge < -0.3 is 9.64 Å². The summed E-state index contributed by atoms with van der Waals surface area (Å²) < 4.78 is 5.52.